The Labute approximate surface area is 109 Å². The molecule has 0 fully saturated rings. The highest BCUT2D eigenvalue weighted by atomic mass is 16.5. The lowest BCUT2D eigenvalue weighted by molar-refractivity contribution is -0.121. The summed E-state index contributed by atoms with van der Waals surface area (Å²) in [6.07, 6.45) is 0.305. The average molecular weight is 250 g/mol. The lowest BCUT2D eigenvalue weighted by Gasteiger charge is -2.21. The molecule has 0 bridgehead atoms. The van der Waals surface area contributed by atoms with E-state index in [4.69, 9.17) is 10.5 Å². The van der Waals surface area contributed by atoms with Crippen LogP contribution in [0.4, 0.5) is 5.69 Å². The minimum Gasteiger partial charge on any atom is -0.398 e. The van der Waals surface area contributed by atoms with Crippen LogP contribution in [0.2, 0.25) is 0 Å². The first-order valence-electron chi connectivity index (χ1n) is 6.16. The molecule has 1 unspecified atom stereocenters. The number of carbonyl (C=O) groups excluding carboxylic acids is 1. The predicted molar refractivity (Wildman–Crippen MR) is 73.2 cm³/mol. The van der Waals surface area contributed by atoms with Crippen molar-refractivity contribution in [3.8, 4) is 0 Å². The first kappa shape index (κ1) is 14.5. The highest BCUT2D eigenvalue weighted by molar-refractivity contribution is 5.80. The van der Waals surface area contributed by atoms with Gasteiger partial charge in [0.2, 0.25) is 5.91 Å². The van der Waals surface area contributed by atoms with Gasteiger partial charge in [-0.3, -0.25) is 4.79 Å². The number of rotatable bonds is 6. The fraction of sp³-hybridized carbons (Fsp3) is 0.500. The van der Waals surface area contributed by atoms with Gasteiger partial charge in [-0.15, -0.1) is 0 Å². The second-order valence-corrected chi connectivity index (χ2v) is 4.75. The summed E-state index contributed by atoms with van der Waals surface area (Å²) < 4.78 is 5.10. The predicted octanol–water partition coefficient (Wildman–Crippen LogP) is 1.60. The first-order valence-corrected chi connectivity index (χ1v) is 6.16. The minimum absolute atomic E-state index is 0.0244. The van der Waals surface area contributed by atoms with Gasteiger partial charge < -0.3 is 15.8 Å². The summed E-state index contributed by atoms with van der Waals surface area (Å²) in [5, 5.41) is 2.97. The highest BCUT2D eigenvalue weighted by Gasteiger charge is 2.16. The smallest absolute Gasteiger partial charge is 0.224 e. The van der Waals surface area contributed by atoms with Gasteiger partial charge in [-0.1, -0.05) is 32.0 Å². The van der Waals surface area contributed by atoms with E-state index in [-0.39, 0.29) is 11.9 Å². The monoisotopic (exact) mass is 250 g/mol. The number of hydrogen-bond donors (Lipinski definition) is 2. The van der Waals surface area contributed by atoms with Crippen LogP contribution in [0.1, 0.15) is 19.4 Å². The molecule has 1 atom stereocenters. The molecule has 3 N–H and O–H groups in total. The number of methoxy groups -OCH3 is 1. The van der Waals surface area contributed by atoms with E-state index in [9.17, 15) is 4.79 Å². The molecule has 1 amide bonds. The van der Waals surface area contributed by atoms with Crippen LogP contribution in [0, 0.1) is 5.92 Å². The zero-order valence-corrected chi connectivity index (χ0v) is 11.3. The molecule has 0 aliphatic rings. The Hall–Kier alpha value is -1.55. The summed E-state index contributed by atoms with van der Waals surface area (Å²) >= 11 is 0. The first-order chi connectivity index (χ1) is 8.54. The average Bonchev–Trinajstić information content (AvgIpc) is 2.31. The fourth-order valence-corrected chi connectivity index (χ4v) is 1.71. The molecule has 1 aromatic carbocycles. The number of carbonyl (C=O) groups is 1. The Bertz CT molecular complexity index is 391. The van der Waals surface area contributed by atoms with Gasteiger partial charge in [0.1, 0.15) is 0 Å². The lowest BCUT2D eigenvalue weighted by atomic mass is 10.0. The molecule has 18 heavy (non-hydrogen) atoms. The Kier molecular flexibility index (Phi) is 5.65. The second-order valence-electron chi connectivity index (χ2n) is 4.75. The molecule has 0 saturated heterocycles. The van der Waals surface area contributed by atoms with Crippen LogP contribution in [-0.2, 0) is 16.0 Å². The van der Waals surface area contributed by atoms with Gasteiger partial charge >= 0.3 is 0 Å². The van der Waals surface area contributed by atoms with Crippen LogP contribution in [0.5, 0.6) is 0 Å². The normalized spacial score (nSPS) is 12.4. The summed E-state index contributed by atoms with van der Waals surface area (Å²) in [4.78, 5) is 11.9. The quantitative estimate of drug-likeness (QED) is 0.754. The molecule has 0 heterocycles. The van der Waals surface area contributed by atoms with Gasteiger partial charge in [0, 0.05) is 12.8 Å². The van der Waals surface area contributed by atoms with Crippen LogP contribution in [0.15, 0.2) is 24.3 Å². The standard InChI is InChI=1S/C14H22N2O2/c1-10(2)13(9-18-3)16-14(17)8-11-6-4-5-7-12(11)15/h4-7,10,13H,8-9,15H2,1-3H3,(H,16,17). The Morgan fingerprint density at radius 1 is 1.39 bits per heavy atom. The summed E-state index contributed by atoms with van der Waals surface area (Å²) in [6, 6.07) is 7.45. The molecule has 0 radical (unpaired) electrons. The summed E-state index contributed by atoms with van der Waals surface area (Å²) in [5.41, 5.74) is 7.32. The van der Waals surface area contributed by atoms with Crippen LogP contribution >= 0.6 is 0 Å². The number of anilines is 1. The van der Waals surface area contributed by atoms with E-state index >= 15 is 0 Å². The van der Waals surface area contributed by atoms with Gasteiger partial charge in [-0.2, -0.15) is 0 Å². The molecular weight excluding hydrogens is 228 g/mol. The minimum atomic E-state index is -0.0244. The Morgan fingerprint density at radius 2 is 2.06 bits per heavy atom. The highest BCUT2D eigenvalue weighted by Crippen LogP contribution is 2.11. The van der Waals surface area contributed by atoms with Gasteiger partial charge in [0.15, 0.2) is 0 Å². The summed E-state index contributed by atoms with van der Waals surface area (Å²) in [6.45, 7) is 4.63. The second kappa shape index (κ2) is 7.01. The zero-order valence-electron chi connectivity index (χ0n) is 11.3. The number of para-hydroxylation sites is 1. The van der Waals surface area contributed by atoms with Crippen molar-refractivity contribution in [2.45, 2.75) is 26.3 Å². The Balaban J connectivity index is 2.58. The van der Waals surface area contributed by atoms with Crippen molar-refractivity contribution in [2.75, 3.05) is 19.5 Å². The maximum absolute atomic E-state index is 11.9. The van der Waals surface area contributed by atoms with E-state index in [0.29, 0.717) is 24.6 Å². The summed E-state index contributed by atoms with van der Waals surface area (Å²) in [5.74, 6) is 0.311. The van der Waals surface area contributed by atoms with Gasteiger partial charge in [-0.05, 0) is 17.5 Å². The van der Waals surface area contributed by atoms with E-state index in [1.807, 2.05) is 18.2 Å². The van der Waals surface area contributed by atoms with E-state index in [1.54, 1.807) is 13.2 Å². The third kappa shape index (κ3) is 4.37. The number of ether oxygens (including phenoxy) is 1. The van der Waals surface area contributed by atoms with E-state index in [1.165, 1.54) is 0 Å². The van der Waals surface area contributed by atoms with Gasteiger partial charge in [-0.25, -0.2) is 0 Å². The van der Waals surface area contributed by atoms with Gasteiger partial charge in [0.05, 0.1) is 19.1 Å². The zero-order chi connectivity index (χ0) is 13.5. The van der Waals surface area contributed by atoms with E-state index in [2.05, 4.69) is 19.2 Å². The Morgan fingerprint density at radius 3 is 2.61 bits per heavy atom. The van der Waals surface area contributed by atoms with E-state index < -0.39 is 0 Å². The van der Waals surface area contributed by atoms with Gasteiger partial charge in [0.25, 0.3) is 0 Å². The molecule has 4 nitrogen and oxygen atoms in total. The van der Waals surface area contributed by atoms with Crippen LogP contribution in [0.3, 0.4) is 0 Å². The number of benzene rings is 1. The van der Waals surface area contributed by atoms with Crippen molar-refractivity contribution in [2.24, 2.45) is 5.92 Å². The van der Waals surface area contributed by atoms with Crippen LogP contribution < -0.4 is 11.1 Å². The molecule has 1 rings (SSSR count). The van der Waals surface area contributed by atoms with Crippen molar-refractivity contribution in [1.29, 1.82) is 0 Å². The molecule has 1 aromatic rings. The third-order valence-electron chi connectivity index (χ3n) is 2.90. The SMILES string of the molecule is COCC(NC(=O)Cc1ccccc1N)C(C)C. The molecule has 0 aliphatic carbocycles. The topological polar surface area (TPSA) is 64.3 Å². The summed E-state index contributed by atoms with van der Waals surface area (Å²) in [7, 11) is 1.64. The van der Waals surface area contributed by atoms with Crippen molar-refractivity contribution in [3.63, 3.8) is 0 Å². The molecule has 0 aliphatic heterocycles. The molecule has 0 spiro atoms. The van der Waals surface area contributed by atoms with Crippen LogP contribution in [0.25, 0.3) is 0 Å². The fourth-order valence-electron chi connectivity index (χ4n) is 1.71. The third-order valence-corrected chi connectivity index (χ3v) is 2.90. The van der Waals surface area contributed by atoms with E-state index in [0.717, 1.165) is 5.56 Å². The van der Waals surface area contributed by atoms with Crippen molar-refractivity contribution >= 4 is 11.6 Å². The molecule has 0 aromatic heterocycles. The number of nitrogens with one attached hydrogen (secondary N) is 1. The maximum Gasteiger partial charge on any atom is 0.224 e. The maximum atomic E-state index is 11.9. The molecule has 0 saturated carbocycles. The lowest BCUT2D eigenvalue weighted by Crippen LogP contribution is -2.42. The van der Waals surface area contributed by atoms with Crippen molar-refractivity contribution in [3.05, 3.63) is 29.8 Å². The largest absolute Gasteiger partial charge is 0.398 e. The van der Waals surface area contributed by atoms with Crippen LogP contribution in [-0.4, -0.2) is 25.7 Å². The number of nitrogen functional groups attached to an aromatic ring is 1. The number of nitrogens with two attached hydrogens (primary N) is 1. The van der Waals surface area contributed by atoms with Crippen molar-refractivity contribution in [1.82, 2.24) is 5.32 Å². The molecule has 4 heteroatoms. The van der Waals surface area contributed by atoms with Crippen molar-refractivity contribution < 1.29 is 9.53 Å². The number of amides is 1. The molecular formula is C14H22N2O2. The number of hydrogen-bond acceptors (Lipinski definition) is 3. The molecule has 100 valence electrons.